The summed E-state index contributed by atoms with van der Waals surface area (Å²) in [6.07, 6.45) is 6.94. The lowest BCUT2D eigenvalue weighted by Crippen LogP contribution is -2.26. The molecule has 0 saturated carbocycles. The van der Waals surface area contributed by atoms with E-state index < -0.39 is 0 Å². The van der Waals surface area contributed by atoms with E-state index >= 15 is 0 Å². The molecular formula is C17H16N4O. The summed E-state index contributed by atoms with van der Waals surface area (Å²) in [5.41, 5.74) is 2.55. The minimum atomic E-state index is -0.0550. The van der Waals surface area contributed by atoms with Crippen LogP contribution in [0.5, 0.6) is 0 Å². The van der Waals surface area contributed by atoms with Crippen LogP contribution in [0.4, 0.5) is 0 Å². The van der Waals surface area contributed by atoms with Crippen LogP contribution in [0.15, 0.2) is 67.3 Å². The van der Waals surface area contributed by atoms with Gasteiger partial charge >= 0.3 is 0 Å². The molecular weight excluding hydrogens is 276 g/mol. The summed E-state index contributed by atoms with van der Waals surface area (Å²) in [5.74, 6) is -0.0550. The first-order valence-electron chi connectivity index (χ1n) is 6.98. The smallest absolute Gasteiger partial charge is 0.255 e. The molecule has 0 unspecified atom stereocenters. The van der Waals surface area contributed by atoms with Crippen LogP contribution >= 0.6 is 0 Å². The van der Waals surface area contributed by atoms with E-state index in [-0.39, 0.29) is 5.91 Å². The molecule has 0 saturated heterocycles. The molecule has 0 atom stereocenters. The zero-order chi connectivity index (χ0) is 15.4. The number of aromatic nitrogens is 3. The number of nitrogens with zero attached hydrogens (tertiary/aromatic N) is 4. The fourth-order valence-electron chi connectivity index (χ4n) is 2.22. The van der Waals surface area contributed by atoms with Gasteiger partial charge in [0.1, 0.15) is 0 Å². The maximum atomic E-state index is 12.3. The molecule has 5 nitrogen and oxygen atoms in total. The average Bonchev–Trinajstić information content (AvgIpc) is 3.04. The lowest BCUT2D eigenvalue weighted by Gasteiger charge is -2.15. The molecule has 0 spiro atoms. The van der Waals surface area contributed by atoms with Crippen LogP contribution < -0.4 is 0 Å². The van der Waals surface area contributed by atoms with E-state index in [4.69, 9.17) is 0 Å². The summed E-state index contributed by atoms with van der Waals surface area (Å²) >= 11 is 0. The Hall–Kier alpha value is -2.95. The van der Waals surface area contributed by atoms with Gasteiger partial charge in [-0.25, -0.2) is 4.68 Å². The van der Waals surface area contributed by atoms with Crippen molar-refractivity contribution in [3.05, 3.63) is 78.4 Å². The van der Waals surface area contributed by atoms with E-state index in [1.165, 1.54) is 0 Å². The van der Waals surface area contributed by atoms with E-state index in [1.807, 2.05) is 36.5 Å². The first kappa shape index (κ1) is 14.0. The number of amides is 1. The predicted octanol–water partition coefficient (Wildman–Crippen LogP) is 2.54. The van der Waals surface area contributed by atoms with Crippen molar-refractivity contribution < 1.29 is 4.79 Å². The quantitative estimate of drug-likeness (QED) is 0.742. The van der Waals surface area contributed by atoms with E-state index in [1.54, 1.807) is 47.4 Å². The van der Waals surface area contributed by atoms with Gasteiger partial charge in [0.25, 0.3) is 5.91 Å². The molecule has 0 bridgehead atoms. The standard InChI is InChI=1S/C17H16N4O/c1-20(17(22)15-6-5-9-18-11-15)12-14-10-19-21(13-14)16-7-3-2-4-8-16/h2-11,13H,12H2,1H3. The van der Waals surface area contributed by atoms with Crippen LogP contribution in [-0.2, 0) is 6.54 Å². The highest BCUT2D eigenvalue weighted by molar-refractivity contribution is 5.93. The fourth-order valence-corrected chi connectivity index (χ4v) is 2.22. The molecule has 2 heterocycles. The molecule has 110 valence electrons. The summed E-state index contributed by atoms with van der Waals surface area (Å²) in [5, 5.41) is 4.34. The Morgan fingerprint density at radius 1 is 1.14 bits per heavy atom. The first-order chi connectivity index (χ1) is 10.7. The summed E-state index contributed by atoms with van der Waals surface area (Å²) in [6, 6.07) is 13.4. The summed E-state index contributed by atoms with van der Waals surface area (Å²) in [4.78, 5) is 17.9. The second-order valence-corrected chi connectivity index (χ2v) is 5.03. The molecule has 3 aromatic rings. The highest BCUT2D eigenvalue weighted by atomic mass is 16.2. The molecule has 0 fully saturated rings. The molecule has 22 heavy (non-hydrogen) atoms. The molecule has 0 aliphatic carbocycles. The molecule has 5 heteroatoms. The zero-order valence-electron chi connectivity index (χ0n) is 12.3. The number of hydrogen-bond acceptors (Lipinski definition) is 3. The number of carbonyl (C=O) groups is 1. The first-order valence-corrected chi connectivity index (χ1v) is 6.98. The van der Waals surface area contributed by atoms with E-state index in [2.05, 4.69) is 10.1 Å². The number of benzene rings is 1. The van der Waals surface area contributed by atoms with Gasteiger partial charge in [0.15, 0.2) is 0 Å². The summed E-state index contributed by atoms with van der Waals surface area (Å²) in [7, 11) is 1.77. The van der Waals surface area contributed by atoms with Crippen LogP contribution in [0.1, 0.15) is 15.9 Å². The Labute approximate surface area is 128 Å². The minimum absolute atomic E-state index is 0.0550. The second kappa shape index (κ2) is 6.22. The maximum Gasteiger partial charge on any atom is 0.255 e. The van der Waals surface area contributed by atoms with Gasteiger partial charge in [0.05, 0.1) is 17.4 Å². The Bertz CT molecular complexity index is 753. The third-order valence-electron chi connectivity index (χ3n) is 3.33. The third kappa shape index (κ3) is 3.03. The van der Waals surface area contributed by atoms with Crippen molar-refractivity contribution >= 4 is 5.91 Å². The van der Waals surface area contributed by atoms with Crippen molar-refractivity contribution in [2.24, 2.45) is 0 Å². The van der Waals surface area contributed by atoms with Crippen LogP contribution in [-0.4, -0.2) is 32.6 Å². The van der Waals surface area contributed by atoms with E-state index in [0.29, 0.717) is 12.1 Å². The van der Waals surface area contributed by atoms with Crippen molar-refractivity contribution in [2.75, 3.05) is 7.05 Å². The molecule has 3 rings (SSSR count). The van der Waals surface area contributed by atoms with Crippen molar-refractivity contribution in [1.82, 2.24) is 19.7 Å². The van der Waals surface area contributed by atoms with Crippen molar-refractivity contribution in [1.29, 1.82) is 0 Å². The Kier molecular flexibility index (Phi) is 3.96. The van der Waals surface area contributed by atoms with Gasteiger partial charge in [-0.2, -0.15) is 5.10 Å². The van der Waals surface area contributed by atoms with Crippen molar-refractivity contribution in [3.8, 4) is 5.69 Å². The highest BCUT2D eigenvalue weighted by Gasteiger charge is 2.13. The molecule has 1 aromatic carbocycles. The lowest BCUT2D eigenvalue weighted by molar-refractivity contribution is 0.0784. The molecule has 2 aromatic heterocycles. The van der Waals surface area contributed by atoms with Gasteiger partial charge in [-0.1, -0.05) is 18.2 Å². The molecule has 0 aliphatic rings. The topological polar surface area (TPSA) is 51.0 Å². The Morgan fingerprint density at radius 3 is 2.68 bits per heavy atom. The van der Waals surface area contributed by atoms with Crippen LogP contribution in [0.3, 0.4) is 0 Å². The lowest BCUT2D eigenvalue weighted by atomic mass is 10.2. The zero-order valence-corrected chi connectivity index (χ0v) is 12.3. The Balaban J connectivity index is 1.71. The largest absolute Gasteiger partial charge is 0.337 e. The van der Waals surface area contributed by atoms with Crippen LogP contribution in [0.25, 0.3) is 5.69 Å². The van der Waals surface area contributed by atoms with Gasteiger partial charge in [0, 0.05) is 37.7 Å². The predicted molar refractivity (Wildman–Crippen MR) is 83.6 cm³/mol. The van der Waals surface area contributed by atoms with E-state index in [0.717, 1.165) is 11.3 Å². The van der Waals surface area contributed by atoms with Crippen LogP contribution in [0.2, 0.25) is 0 Å². The summed E-state index contributed by atoms with van der Waals surface area (Å²) < 4.78 is 1.80. The third-order valence-corrected chi connectivity index (χ3v) is 3.33. The minimum Gasteiger partial charge on any atom is -0.337 e. The van der Waals surface area contributed by atoms with Crippen molar-refractivity contribution in [2.45, 2.75) is 6.54 Å². The number of para-hydroxylation sites is 1. The van der Waals surface area contributed by atoms with Gasteiger partial charge in [-0.3, -0.25) is 9.78 Å². The Morgan fingerprint density at radius 2 is 1.95 bits per heavy atom. The highest BCUT2D eigenvalue weighted by Crippen LogP contribution is 2.10. The molecule has 0 radical (unpaired) electrons. The molecule has 0 aliphatic heterocycles. The number of carbonyl (C=O) groups excluding carboxylic acids is 1. The van der Waals surface area contributed by atoms with Gasteiger partial charge < -0.3 is 4.90 Å². The SMILES string of the molecule is CN(Cc1cnn(-c2ccccc2)c1)C(=O)c1cccnc1. The van der Waals surface area contributed by atoms with Gasteiger partial charge in [0.2, 0.25) is 0 Å². The number of pyridine rings is 1. The molecule has 1 amide bonds. The average molecular weight is 292 g/mol. The van der Waals surface area contributed by atoms with Gasteiger partial charge in [-0.15, -0.1) is 0 Å². The number of hydrogen-bond donors (Lipinski definition) is 0. The summed E-state index contributed by atoms with van der Waals surface area (Å²) in [6.45, 7) is 0.501. The maximum absolute atomic E-state index is 12.3. The van der Waals surface area contributed by atoms with E-state index in [9.17, 15) is 4.79 Å². The molecule has 0 N–H and O–H groups in total. The number of rotatable bonds is 4. The fraction of sp³-hybridized carbons (Fsp3) is 0.118. The normalized spacial score (nSPS) is 10.4. The van der Waals surface area contributed by atoms with Crippen LogP contribution in [0, 0.1) is 0 Å². The monoisotopic (exact) mass is 292 g/mol. The second-order valence-electron chi connectivity index (χ2n) is 5.03. The van der Waals surface area contributed by atoms with Crippen molar-refractivity contribution in [3.63, 3.8) is 0 Å². The van der Waals surface area contributed by atoms with Gasteiger partial charge in [-0.05, 0) is 24.3 Å².